The van der Waals surface area contributed by atoms with Gasteiger partial charge in [0.15, 0.2) is 23.7 Å². The van der Waals surface area contributed by atoms with Crippen LogP contribution in [0.3, 0.4) is 0 Å². The van der Waals surface area contributed by atoms with Crippen molar-refractivity contribution in [3.63, 3.8) is 0 Å². The van der Waals surface area contributed by atoms with Crippen molar-refractivity contribution in [3.8, 4) is 23.1 Å². The second-order valence-corrected chi connectivity index (χ2v) is 9.48. The zero-order valence-corrected chi connectivity index (χ0v) is 20.9. The number of aromatic nitrogens is 3. The predicted molar refractivity (Wildman–Crippen MR) is 124 cm³/mol. The number of benzene rings is 1. The van der Waals surface area contributed by atoms with Crippen molar-refractivity contribution >= 4 is 5.97 Å². The SMILES string of the molecule is CCC1(CC)C(C2C[n+]3cc(C)n(C)c3C(=O)O2)c2cc(F)c(C#N)c(F)c2-c2cc(OC)cc[n+]21. The van der Waals surface area contributed by atoms with Crippen LogP contribution in [-0.2, 0) is 23.9 Å². The topological polar surface area (TPSA) is 72.0 Å². The third-order valence-corrected chi connectivity index (χ3v) is 8.05. The molecular formula is C27H28F2N4O3+2. The summed E-state index contributed by atoms with van der Waals surface area (Å²) in [5.74, 6) is -1.97. The van der Waals surface area contributed by atoms with Crippen LogP contribution in [0.15, 0.2) is 30.6 Å². The van der Waals surface area contributed by atoms with Crippen LogP contribution in [-0.4, -0.2) is 23.8 Å². The first-order chi connectivity index (χ1) is 17.2. The molecule has 0 radical (unpaired) electrons. The summed E-state index contributed by atoms with van der Waals surface area (Å²) in [6, 6.07) is 6.40. The average molecular weight is 495 g/mol. The first-order valence-electron chi connectivity index (χ1n) is 12.0. The highest BCUT2D eigenvalue weighted by Gasteiger charge is 2.58. The molecule has 186 valence electrons. The van der Waals surface area contributed by atoms with Crippen molar-refractivity contribution in [1.29, 1.82) is 5.26 Å². The summed E-state index contributed by atoms with van der Waals surface area (Å²) in [7, 11) is 3.32. The lowest BCUT2D eigenvalue weighted by atomic mass is 9.67. The molecule has 2 atom stereocenters. The van der Waals surface area contributed by atoms with Gasteiger partial charge in [-0.05, 0) is 11.6 Å². The summed E-state index contributed by atoms with van der Waals surface area (Å²) in [5.41, 5.74) is 0.601. The molecule has 5 rings (SSSR count). The first kappa shape index (κ1) is 23.9. The average Bonchev–Trinajstić information content (AvgIpc) is 3.15. The summed E-state index contributed by atoms with van der Waals surface area (Å²) >= 11 is 0. The molecule has 2 aliphatic heterocycles. The van der Waals surface area contributed by atoms with Gasteiger partial charge in [0.2, 0.25) is 5.69 Å². The number of imidazole rings is 1. The van der Waals surface area contributed by atoms with Crippen molar-refractivity contribution in [2.75, 3.05) is 7.11 Å². The van der Waals surface area contributed by atoms with E-state index in [1.807, 2.05) is 42.3 Å². The molecule has 0 aliphatic carbocycles. The molecule has 2 unspecified atom stereocenters. The van der Waals surface area contributed by atoms with E-state index in [-0.39, 0.29) is 5.56 Å². The minimum atomic E-state index is -0.928. The number of halogens is 2. The van der Waals surface area contributed by atoms with Gasteiger partial charge in [-0.15, -0.1) is 0 Å². The van der Waals surface area contributed by atoms with E-state index in [1.54, 1.807) is 29.8 Å². The molecule has 0 fully saturated rings. The number of hydrogen-bond donors (Lipinski definition) is 0. The molecule has 4 heterocycles. The fourth-order valence-electron chi connectivity index (χ4n) is 6.17. The number of cyclic esters (lactones) is 1. The highest BCUT2D eigenvalue weighted by atomic mass is 19.1. The summed E-state index contributed by atoms with van der Waals surface area (Å²) in [6.07, 6.45) is 4.25. The summed E-state index contributed by atoms with van der Waals surface area (Å²) in [6.45, 7) is 6.28. The summed E-state index contributed by atoms with van der Waals surface area (Å²) in [5, 5.41) is 9.49. The Balaban J connectivity index is 1.82. The van der Waals surface area contributed by atoms with E-state index in [4.69, 9.17) is 9.47 Å². The van der Waals surface area contributed by atoms with E-state index in [0.717, 1.165) is 5.69 Å². The Morgan fingerprint density at radius 1 is 1.31 bits per heavy atom. The summed E-state index contributed by atoms with van der Waals surface area (Å²) < 4.78 is 48.0. The van der Waals surface area contributed by atoms with Crippen LogP contribution in [0.2, 0.25) is 0 Å². The Hall–Kier alpha value is -3.80. The number of hydrogen-bond acceptors (Lipinski definition) is 4. The lowest BCUT2D eigenvalue weighted by molar-refractivity contribution is -0.768. The largest absolute Gasteiger partial charge is 0.496 e. The fourth-order valence-corrected chi connectivity index (χ4v) is 6.17. The van der Waals surface area contributed by atoms with Crippen LogP contribution in [0.1, 0.15) is 60.0 Å². The molecular weight excluding hydrogens is 466 g/mol. The monoisotopic (exact) mass is 494 g/mol. The molecule has 9 heteroatoms. The van der Waals surface area contributed by atoms with Gasteiger partial charge in [0, 0.05) is 25.8 Å². The third-order valence-electron chi connectivity index (χ3n) is 8.05. The number of pyridine rings is 1. The first-order valence-corrected chi connectivity index (χ1v) is 12.0. The third kappa shape index (κ3) is 3.10. The van der Waals surface area contributed by atoms with Crippen LogP contribution in [0, 0.1) is 29.9 Å². The Bertz CT molecular complexity index is 1450. The van der Waals surface area contributed by atoms with Gasteiger partial charge in [-0.25, -0.2) is 22.7 Å². The molecule has 0 amide bonds. The molecule has 2 aromatic heterocycles. The van der Waals surface area contributed by atoms with Gasteiger partial charge >= 0.3 is 11.8 Å². The Morgan fingerprint density at radius 3 is 2.67 bits per heavy atom. The van der Waals surface area contributed by atoms with E-state index in [2.05, 4.69) is 0 Å². The zero-order chi connectivity index (χ0) is 25.9. The normalized spacial score (nSPS) is 19.6. The molecule has 0 bridgehead atoms. The lowest BCUT2D eigenvalue weighted by Gasteiger charge is -2.43. The number of methoxy groups -OCH3 is 1. The van der Waals surface area contributed by atoms with Gasteiger partial charge in [-0.2, -0.15) is 9.83 Å². The number of esters is 1. The minimum absolute atomic E-state index is 0.130. The number of ether oxygens (including phenoxy) is 2. The van der Waals surface area contributed by atoms with Crippen LogP contribution in [0.4, 0.5) is 8.78 Å². The van der Waals surface area contributed by atoms with E-state index in [9.17, 15) is 10.1 Å². The molecule has 2 aliphatic rings. The number of rotatable bonds is 4. The lowest BCUT2D eigenvalue weighted by Crippen LogP contribution is -2.66. The highest BCUT2D eigenvalue weighted by Crippen LogP contribution is 2.50. The molecule has 0 N–H and O–H groups in total. The van der Waals surface area contributed by atoms with E-state index >= 15 is 8.78 Å². The van der Waals surface area contributed by atoms with Gasteiger partial charge in [-0.3, -0.25) is 0 Å². The van der Waals surface area contributed by atoms with Crippen LogP contribution in [0.5, 0.6) is 5.75 Å². The van der Waals surface area contributed by atoms with Crippen molar-refractivity contribution < 1.29 is 32.2 Å². The number of aryl methyl sites for hydroxylation is 1. The van der Waals surface area contributed by atoms with Crippen LogP contribution < -0.4 is 13.9 Å². The maximum absolute atomic E-state index is 15.9. The smallest absolute Gasteiger partial charge is 0.422 e. The standard InChI is InChI=1S/C27H28F2N4O3/c1-6-27(7-2)23(21-14-32-13-15(3)31(4)25(32)26(34)36-21)17-11-19(28)18(12-30)24(29)22(17)20-10-16(35-5)8-9-33(20)27/h8-11,13,21,23H,6-7,14H2,1-5H3/q+2. The number of nitriles is 1. The quantitative estimate of drug-likeness (QED) is 0.411. The second-order valence-electron chi connectivity index (χ2n) is 9.48. The molecule has 0 saturated heterocycles. The minimum Gasteiger partial charge on any atom is -0.496 e. The predicted octanol–water partition coefficient (Wildman–Crippen LogP) is 3.59. The van der Waals surface area contributed by atoms with Gasteiger partial charge < -0.3 is 9.47 Å². The summed E-state index contributed by atoms with van der Waals surface area (Å²) in [4.78, 5) is 13.2. The fraction of sp³-hybridized carbons (Fsp3) is 0.407. The molecule has 36 heavy (non-hydrogen) atoms. The Labute approximate surface area is 208 Å². The van der Waals surface area contributed by atoms with Crippen molar-refractivity contribution in [2.24, 2.45) is 7.05 Å². The Morgan fingerprint density at radius 2 is 2.03 bits per heavy atom. The maximum atomic E-state index is 15.9. The van der Waals surface area contributed by atoms with Gasteiger partial charge in [0.25, 0.3) is 0 Å². The molecule has 0 spiro atoms. The molecule has 1 aromatic carbocycles. The number of carbonyl (C=O) groups excluding carboxylic acids is 1. The van der Waals surface area contributed by atoms with E-state index < -0.39 is 40.7 Å². The number of carbonyl (C=O) groups is 1. The Kier molecular flexibility index (Phi) is 5.58. The van der Waals surface area contributed by atoms with Crippen molar-refractivity contribution in [2.45, 2.75) is 57.7 Å². The van der Waals surface area contributed by atoms with Crippen molar-refractivity contribution in [1.82, 2.24) is 4.57 Å². The van der Waals surface area contributed by atoms with Crippen molar-refractivity contribution in [3.05, 3.63) is 64.9 Å². The molecule has 3 aromatic rings. The van der Waals surface area contributed by atoms with Gasteiger partial charge in [0.1, 0.15) is 41.6 Å². The zero-order valence-electron chi connectivity index (χ0n) is 20.9. The second kappa shape index (κ2) is 8.40. The number of fused-ring (bicyclic) bond motifs is 4. The van der Waals surface area contributed by atoms with Crippen LogP contribution in [0.25, 0.3) is 11.3 Å². The maximum Gasteiger partial charge on any atom is 0.422 e. The van der Waals surface area contributed by atoms with Gasteiger partial charge in [0.05, 0.1) is 31.7 Å². The molecule has 0 saturated carbocycles. The molecule has 7 nitrogen and oxygen atoms in total. The van der Waals surface area contributed by atoms with E-state index in [0.29, 0.717) is 42.2 Å². The number of nitrogens with zero attached hydrogens (tertiary/aromatic N) is 4. The van der Waals surface area contributed by atoms with Gasteiger partial charge in [-0.1, -0.05) is 13.8 Å². The van der Waals surface area contributed by atoms with E-state index in [1.165, 1.54) is 13.2 Å². The highest BCUT2D eigenvalue weighted by molar-refractivity contribution is 5.84. The van der Waals surface area contributed by atoms with Crippen LogP contribution >= 0.6 is 0 Å².